The second kappa shape index (κ2) is 9.46. The van der Waals surface area contributed by atoms with E-state index in [4.69, 9.17) is 4.74 Å². The number of nitrogens with zero attached hydrogens (tertiary/aromatic N) is 2. The van der Waals surface area contributed by atoms with Crippen LogP contribution < -0.4 is 4.74 Å². The summed E-state index contributed by atoms with van der Waals surface area (Å²) in [5.41, 5.74) is 1.72. The third-order valence-electron chi connectivity index (χ3n) is 6.14. The van der Waals surface area contributed by atoms with Crippen LogP contribution in [0, 0.1) is 0 Å². The summed E-state index contributed by atoms with van der Waals surface area (Å²) in [6.45, 7) is 1.87. The first kappa shape index (κ1) is 23.7. The maximum Gasteiger partial charge on any atom is 0.407 e. The number of ketones is 1. The highest BCUT2D eigenvalue weighted by molar-refractivity contribution is 7.90. The van der Waals surface area contributed by atoms with Crippen LogP contribution >= 0.6 is 0 Å². The molecular formula is C24H26N2O7S. The number of ether oxygens (including phenoxy) is 1. The number of hydrogen-bond donors (Lipinski definition) is 1. The molecule has 10 heteroatoms. The van der Waals surface area contributed by atoms with Gasteiger partial charge in [0.2, 0.25) is 0 Å². The summed E-state index contributed by atoms with van der Waals surface area (Å²) in [6.07, 6.45) is 0.638. The van der Waals surface area contributed by atoms with Crippen molar-refractivity contribution in [2.24, 2.45) is 0 Å². The van der Waals surface area contributed by atoms with Gasteiger partial charge in [-0.05, 0) is 68.5 Å². The van der Waals surface area contributed by atoms with Crippen LogP contribution in [0.4, 0.5) is 4.79 Å². The molecule has 2 aromatic rings. The highest BCUT2D eigenvalue weighted by Crippen LogP contribution is 2.31. The van der Waals surface area contributed by atoms with Crippen molar-refractivity contribution in [1.82, 2.24) is 9.21 Å². The van der Waals surface area contributed by atoms with Gasteiger partial charge in [0, 0.05) is 18.7 Å². The molecule has 34 heavy (non-hydrogen) atoms. The van der Waals surface area contributed by atoms with Crippen LogP contribution in [0.2, 0.25) is 0 Å². The lowest BCUT2D eigenvalue weighted by Gasteiger charge is -2.30. The van der Waals surface area contributed by atoms with Crippen LogP contribution in [0.5, 0.6) is 5.75 Å². The Morgan fingerprint density at radius 2 is 1.94 bits per heavy atom. The third kappa shape index (κ3) is 4.63. The number of rotatable bonds is 8. The van der Waals surface area contributed by atoms with Crippen molar-refractivity contribution in [1.29, 1.82) is 0 Å². The van der Waals surface area contributed by atoms with Crippen LogP contribution in [0.3, 0.4) is 0 Å². The average molecular weight is 487 g/mol. The lowest BCUT2D eigenvalue weighted by molar-refractivity contribution is 0.0861. The Labute approximate surface area is 198 Å². The Bertz CT molecular complexity index is 1240. The number of carbonyl (C=O) groups is 3. The van der Waals surface area contributed by atoms with E-state index in [1.165, 1.54) is 24.0 Å². The number of fused-ring (bicyclic) bond motifs is 2. The summed E-state index contributed by atoms with van der Waals surface area (Å²) in [6, 6.07) is 11.4. The molecule has 2 heterocycles. The molecule has 2 aliphatic heterocycles. The Balaban J connectivity index is 1.31. The van der Waals surface area contributed by atoms with Gasteiger partial charge in [0.05, 0.1) is 12.1 Å². The van der Waals surface area contributed by atoms with E-state index in [-0.39, 0.29) is 42.0 Å². The minimum Gasteiger partial charge on any atom is -0.488 e. The summed E-state index contributed by atoms with van der Waals surface area (Å²) in [5, 5.41) is 9.62. The molecule has 1 atom stereocenters. The van der Waals surface area contributed by atoms with Crippen molar-refractivity contribution in [2.45, 2.75) is 43.6 Å². The number of Topliss-reactive ketones (excluding diaryl/α,β-unsaturated/α-hetero) is 1. The molecule has 0 spiro atoms. The third-order valence-corrected chi connectivity index (χ3v) is 7.98. The summed E-state index contributed by atoms with van der Waals surface area (Å²) < 4.78 is 32.1. The van der Waals surface area contributed by atoms with Gasteiger partial charge < -0.3 is 14.7 Å². The number of sulfonamides is 1. The molecular weight excluding hydrogens is 460 g/mol. The summed E-state index contributed by atoms with van der Waals surface area (Å²) in [5.74, 6) is 0.0890. The van der Waals surface area contributed by atoms with E-state index in [9.17, 15) is 27.9 Å². The minimum absolute atomic E-state index is 0.00487. The Morgan fingerprint density at radius 1 is 1.18 bits per heavy atom. The number of benzene rings is 2. The topological polar surface area (TPSA) is 121 Å². The van der Waals surface area contributed by atoms with Gasteiger partial charge in [-0.1, -0.05) is 12.1 Å². The quantitative estimate of drug-likeness (QED) is 0.449. The van der Waals surface area contributed by atoms with Crippen molar-refractivity contribution < 1.29 is 32.6 Å². The van der Waals surface area contributed by atoms with E-state index >= 15 is 0 Å². The predicted molar refractivity (Wildman–Crippen MR) is 123 cm³/mol. The minimum atomic E-state index is -3.86. The van der Waals surface area contributed by atoms with Crippen LogP contribution in [0.1, 0.15) is 52.5 Å². The number of amides is 2. The summed E-state index contributed by atoms with van der Waals surface area (Å²) in [7, 11) is -3.86. The van der Waals surface area contributed by atoms with Gasteiger partial charge >= 0.3 is 6.09 Å². The molecule has 0 saturated carbocycles. The van der Waals surface area contributed by atoms with Crippen molar-refractivity contribution in [3.63, 3.8) is 0 Å². The highest BCUT2D eigenvalue weighted by Gasteiger charge is 2.40. The molecule has 4 rings (SSSR count). The Kier molecular flexibility index (Phi) is 6.60. The molecule has 0 aromatic heterocycles. The highest BCUT2D eigenvalue weighted by atomic mass is 32.2. The smallest absolute Gasteiger partial charge is 0.407 e. The van der Waals surface area contributed by atoms with E-state index < -0.39 is 22.0 Å². The van der Waals surface area contributed by atoms with Gasteiger partial charge in [0.25, 0.3) is 15.9 Å². The molecule has 0 bridgehead atoms. The van der Waals surface area contributed by atoms with E-state index in [1.807, 2.05) is 6.07 Å². The first-order chi connectivity index (χ1) is 16.2. The number of carboxylic acid groups (broad SMARTS) is 1. The first-order valence-electron chi connectivity index (χ1n) is 11.1. The van der Waals surface area contributed by atoms with Crippen molar-refractivity contribution >= 4 is 27.8 Å². The van der Waals surface area contributed by atoms with E-state index in [1.54, 1.807) is 24.3 Å². The van der Waals surface area contributed by atoms with E-state index in [0.29, 0.717) is 37.0 Å². The van der Waals surface area contributed by atoms with Crippen LogP contribution in [0.25, 0.3) is 0 Å². The molecule has 2 aliphatic rings. The standard InChI is InChI=1S/C24H26N2O7S/c1-16(27)17-9-11-21-18(14-17)8-10-19(33-21)15-25(24(29)30)12-4-5-13-26-23(28)20-6-2-3-7-22(20)34(26,31)32/h2-3,6-7,9,11,14,19H,4-5,8,10,12-13,15H2,1H3,(H,29,30)/t19-/m1/s1. The number of hydrogen-bond acceptors (Lipinski definition) is 6. The first-order valence-corrected chi connectivity index (χ1v) is 12.6. The maximum atomic E-state index is 12.6. The van der Waals surface area contributed by atoms with Gasteiger partial charge in [-0.25, -0.2) is 17.5 Å². The summed E-state index contributed by atoms with van der Waals surface area (Å²) in [4.78, 5) is 37.1. The van der Waals surface area contributed by atoms with Gasteiger partial charge in [-0.15, -0.1) is 0 Å². The maximum absolute atomic E-state index is 12.6. The lowest BCUT2D eigenvalue weighted by atomic mass is 9.98. The molecule has 0 unspecified atom stereocenters. The largest absolute Gasteiger partial charge is 0.488 e. The molecule has 0 radical (unpaired) electrons. The molecule has 0 aliphatic carbocycles. The zero-order valence-electron chi connectivity index (χ0n) is 18.8. The van der Waals surface area contributed by atoms with Crippen molar-refractivity contribution in [3.8, 4) is 5.75 Å². The van der Waals surface area contributed by atoms with Crippen LogP contribution in [0.15, 0.2) is 47.4 Å². The van der Waals surface area contributed by atoms with Crippen LogP contribution in [-0.2, 0) is 16.4 Å². The predicted octanol–water partition coefficient (Wildman–Crippen LogP) is 3.19. The molecule has 9 nitrogen and oxygen atoms in total. The fraction of sp³-hybridized carbons (Fsp3) is 0.375. The zero-order chi connectivity index (χ0) is 24.5. The number of carbonyl (C=O) groups excluding carboxylic acids is 2. The molecule has 1 N–H and O–H groups in total. The van der Waals surface area contributed by atoms with E-state index in [2.05, 4.69) is 0 Å². The SMILES string of the molecule is CC(=O)c1ccc2c(c1)CC[C@H](CN(CCCCN1C(=O)c3ccccc3S1(=O)=O)C(=O)O)O2. The Hall–Kier alpha value is -3.40. The van der Waals surface area contributed by atoms with Crippen LogP contribution in [-0.4, -0.2) is 66.3 Å². The van der Waals surface area contributed by atoms with Crippen molar-refractivity contribution in [2.75, 3.05) is 19.6 Å². The van der Waals surface area contributed by atoms with Crippen molar-refractivity contribution in [3.05, 3.63) is 59.2 Å². The van der Waals surface area contributed by atoms with Gasteiger partial charge in [0.1, 0.15) is 16.7 Å². The molecule has 2 amide bonds. The molecule has 0 saturated heterocycles. The van der Waals surface area contributed by atoms with E-state index in [0.717, 1.165) is 9.87 Å². The molecule has 2 aromatic carbocycles. The summed E-state index contributed by atoms with van der Waals surface area (Å²) >= 11 is 0. The number of aryl methyl sites for hydroxylation is 1. The fourth-order valence-electron chi connectivity index (χ4n) is 4.31. The zero-order valence-corrected chi connectivity index (χ0v) is 19.6. The average Bonchev–Trinajstić information content (AvgIpc) is 3.00. The van der Waals surface area contributed by atoms with Gasteiger partial charge in [-0.3, -0.25) is 9.59 Å². The number of unbranched alkanes of at least 4 members (excludes halogenated alkanes) is 1. The fourth-order valence-corrected chi connectivity index (χ4v) is 5.92. The second-order valence-electron chi connectivity index (χ2n) is 8.47. The Morgan fingerprint density at radius 3 is 2.65 bits per heavy atom. The normalized spacial score (nSPS) is 18.1. The molecule has 0 fully saturated rings. The monoisotopic (exact) mass is 486 g/mol. The van der Waals surface area contributed by atoms with Gasteiger partial charge in [-0.2, -0.15) is 0 Å². The lowest BCUT2D eigenvalue weighted by Crippen LogP contribution is -2.41. The second-order valence-corrected chi connectivity index (χ2v) is 10.3. The molecule has 180 valence electrons. The van der Waals surface area contributed by atoms with Gasteiger partial charge in [0.15, 0.2) is 5.78 Å².